The van der Waals surface area contributed by atoms with E-state index in [2.05, 4.69) is 26.6 Å². The lowest BCUT2D eigenvalue weighted by molar-refractivity contribution is 0.707. The number of hydrogen-bond acceptors (Lipinski definition) is 6. The zero-order valence-electron chi connectivity index (χ0n) is 11.2. The normalized spacial score (nSPS) is 15.2. The Morgan fingerprint density at radius 3 is 2.90 bits per heavy atom. The number of nitriles is 1. The lowest BCUT2D eigenvalue weighted by atomic mass is 10.1. The van der Waals surface area contributed by atoms with Crippen LogP contribution in [0.1, 0.15) is 12.8 Å². The zero-order chi connectivity index (χ0) is 14.9. The fourth-order valence-corrected chi connectivity index (χ4v) is 2.23. The number of nitrogens with zero attached hydrogens (tertiary/aromatic N) is 4. The summed E-state index contributed by atoms with van der Waals surface area (Å²) in [7, 11) is 0. The first-order chi connectivity index (χ1) is 10.1. The molecular weight excluding hydrogens is 288 g/mol. The van der Waals surface area contributed by atoms with Crippen molar-refractivity contribution in [2.75, 3.05) is 17.6 Å². The van der Waals surface area contributed by atoms with Crippen molar-refractivity contribution in [3.8, 4) is 17.2 Å². The zero-order valence-corrected chi connectivity index (χ0v) is 11.9. The second kappa shape index (κ2) is 5.19. The average Bonchev–Trinajstić information content (AvgIpc) is 3.29. The summed E-state index contributed by atoms with van der Waals surface area (Å²) < 4.78 is 0. The molecule has 0 unspecified atom stereocenters. The highest BCUT2D eigenvalue weighted by Crippen LogP contribution is 2.44. The van der Waals surface area contributed by atoms with Crippen molar-refractivity contribution < 1.29 is 0 Å². The number of aromatic nitrogens is 3. The van der Waals surface area contributed by atoms with Gasteiger partial charge in [0.05, 0.1) is 22.7 Å². The van der Waals surface area contributed by atoms with Crippen LogP contribution in [0.25, 0.3) is 11.1 Å². The highest BCUT2D eigenvalue weighted by Gasteiger charge is 2.42. The molecule has 1 saturated carbocycles. The third-order valence-electron chi connectivity index (χ3n) is 3.54. The molecule has 1 aliphatic rings. The monoisotopic (exact) mass is 300 g/mol. The summed E-state index contributed by atoms with van der Waals surface area (Å²) in [5, 5.41) is 20.7. The summed E-state index contributed by atoms with van der Waals surface area (Å²) in [6.45, 7) is 0.577. The van der Waals surface area contributed by atoms with Crippen LogP contribution < -0.4 is 11.1 Å². The molecule has 0 aromatic carbocycles. The SMILES string of the molecule is N#CC1(CNc2cc(-c3cc(N)ncc3Cl)cnn2)CC1. The molecule has 0 radical (unpaired) electrons. The van der Waals surface area contributed by atoms with Crippen LogP contribution in [0.3, 0.4) is 0 Å². The molecular formula is C14H13ClN6. The number of nitrogen functional groups attached to an aromatic ring is 1. The largest absolute Gasteiger partial charge is 0.384 e. The second-order valence-electron chi connectivity index (χ2n) is 5.16. The molecule has 2 heterocycles. The van der Waals surface area contributed by atoms with Gasteiger partial charge in [-0.15, -0.1) is 5.10 Å². The molecule has 0 atom stereocenters. The summed E-state index contributed by atoms with van der Waals surface area (Å²) >= 11 is 6.14. The van der Waals surface area contributed by atoms with Crippen molar-refractivity contribution in [3.05, 3.63) is 29.5 Å². The molecule has 7 heteroatoms. The van der Waals surface area contributed by atoms with Crippen molar-refractivity contribution >= 4 is 23.2 Å². The number of anilines is 2. The number of hydrogen-bond donors (Lipinski definition) is 2. The van der Waals surface area contributed by atoms with Crippen LogP contribution >= 0.6 is 11.6 Å². The van der Waals surface area contributed by atoms with Crippen molar-refractivity contribution in [1.29, 1.82) is 5.26 Å². The van der Waals surface area contributed by atoms with E-state index in [0.717, 1.165) is 24.0 Å². The van der Waals surface area contributed by atoms with E-state index in [9.17, 15) is 0 Å². The first-order valence-corrected chi connectivity index (χ1v) is 6.89. The third-order valence-corrected chi connectivity index (χ3v) is 3.84. The highest BCUT2D eigenvalue weighted by atomic mass is 35.5. The van der Waals surface area contributed by atoms with Gasteiger partial charge < -0.3 is 11.1 Å². The molecule has 0 amide bonds. The van der Waals surface area contributed by atoms with Crippen molar-refractivity contribution in [1.82, 2.24) is 15.2 Å². The molecule has 2 aromatic heterocycles. The molecule has 0 aliphatic heterocycles. The molecule has 0 spiro atoms. The summed E-state index contributed by atoms with van der Waals surface area (Å²) in [5.74, 6) is 1.00. The standard InChI is InChI=1S/C14H13ClN6/c15-11-6-18-12(17)4-10(11)9-3-13(21-20-5-9)19-8-14(7-16)1-2-14/h3-6H,1-2,8H2,(H2,17,18)(H,19,21). The summed E-state index contributed by atoms with van der Waals surface area (Å²) in [5.41, 5.74) is 7.00. The van der Waals surface area contributed by atoms with Gasteiger partial charge in [0.1, 0.15) is 11.6 Å². The number of nitrogens with one attached hydrogen (secondary N) is 1. The highest BCUT2D eigenvalue weighted by molar-refractivity contribution is 6.33. The summed E-state index contributed by atoms with van der Waals surface area (Å²) in [4.78, 5) is 3.93. The molecule has 0 saturated heterocycles. The van der Waals surface area contributed by atoms with Gasteiger partial charge in [0.15, 0.2) is 0 Å². The van der Waals surface area contributed by atoms with Gasteiger partial charge in [0, 0.05) is 23.9 Å². The van der Waals surface area contributed by atoms with Gasteiger partial charge >= 0.3 is 0 Å². The van der Waals surface area contributed by atoms with E-state index in [1.165, 1.54) is 6.20 Å². The maximum Gasteiger partial charge on any atom is 0.149 e. The first kappa shape index (κ1) is 13.6. The number of rotatable bonds is 4. The summed E-state index contributed by atoms with van der Waals surface area (Å²) in [6, 6.07) is 5.86. The molecule has 21 heavy (non-hydrogen) atoms. The van der Waals surface area contributed by atoms with Crippen LogP contribution in [0, 0.1) is 16.7 Å². The predicted molar refractivity (Wildman–Crippen MR) is 80.5 cm³/mol. The minimum atomic E-state index is -0.240. The van der Waals surface area contributed by atoms with E-state index in [1.807, 2.05) is 6.07 Å². The van der Waals surface area contributed by atoms with Crippen molar-refractivity contribution in [2.24, 2.45) is 5.41 Å². The number of nitrogens with two attached hydrogens (primary N) is 1. The van der Waals surface area contributed by atoms with Crippen molar-refractivity contribution in [3.63, 3.8) is 0 Å². The van der Waals surface area contributed by atoms with Gasteiger partial charge in [-0.25, -0.2) is 4.98 Å². The van der Waals surface area contributed by atoms with E-state index in [4.69, 9.17) is 22.6 Å². The smallest absolute Gasteiger partial charge is 0.149 e. The van der Waals surface area contributed by atoms with Gasteiger partial charge in [-0.05, 0) is 25.0 Å². The molecule has 6 nitrogen and oxygen atoms in total. The maximum atomic E-state index is 9.07. The summed E-state index contributed by atoms with van der Waals surface area (Å²) in [6.07, 6.45) is 4.98. The number of halogens is 1. The van der Waals surface area contributed by atoms with Crippen LogP contribution in [0.15, 0.2) is 24.5 Å². The second-order valence-corrected chi connectivity index (χ2v) is 5.57. The Morgan fingerprint density at radius 2 is 2.19 bits per heavy atom. The Kier molecular flexibility index (Phi) is 3.35. The lowest BCUT2D eigenvalue weighted by Gasteiger charge is -2.10. The average molecular weight is 301 g/mol. The molecule has 1 fully saturated rings. The van der Waals surface area contributed by atoms with E-state index >= 15 is 0 Å². The molecule has 2 aromatic rings. The van der Waals surface area contributed by atoms with E-state index < -0.39 is 0 Å². The predicted octanol–water partition coefficient (Wildman–Crippen LogP) is 2.49. The molecule has 106 valence electrons. The quantitative estimate of drug-likeness (QED) is 0.899. The van der Waals surface area contributed by atoms with E-state index in [0.29, 0.717) is 23.2 Å². The van der Waals surface area contributed by atoms with Crippen LogP contribution in [0.2, 0.25) is 5.02 Å². The van der Waals surface area contributed by atoms with E-state index in [-0.39, 0.29) is 5.41 Å². The van der Waals surface area contributed by atoms with Crippen LogP contribution in [0.4, 0.5) is 11.6 Å². The van der Waals surface area contributed by atoms with Gasteiger partial charge in [0.2, 0.25) is 0 Å². The maximum absolute atomic E-state index is 9.07. The van der Waals surface area contributed by atoms with Crippen molar-refractivity contribution in [2.45, 2.75) is 12.8 Å². The fourth-order valence-electron chi connectivity index (χ4n) is 2.02. The Morgan fingerprint density at radius 1 is 1.38 bits per heavy atom. The topological polar surface area (TPSA) is 101 Å². The molecule has 1 aliphatic carbocycles. The first-order valence-electron chi connectivity index (χ1n) is 6.51. The number of pyridine rings is 1. The van der Waals surface area contributed by atoms with Gasteiger partial charge in [-0.3, -0.25) is 0 Å². The van der Waals surface area contributed by atoms with Crippen LogP contribution in [-0.4, -0.2) is 21.7 Å². The van der Waals surface area contributed by atoms with Crippen LogP contribution in [0.5, 0.6) is 0 Å². The van der Waals surface area contributed by atoms with Crippen LogP contribution in [-0.2, 0) is 0 Å². The third kappa shape index (κ3) is 2.88. The minimum Gasteiger partial charge on any atom is -0.384 e. The van der Waals surface area contributed by atoms with Gasteiger partial charge in [-0.2, -0.15) is 10.4 Å². The fraction of sp³-hybridized carbons (Fsp3) is 0.286. The Labute approximate surface area is 127 Å². The van der Waals surface area contributed by atoms with Gasteiger partial charge in [0.25, 0.3) is 0 Å². The minimum absolute atomic E-state index is 0.240. The van der Waals surface area contributed by atoms with Gasteiger partial charge in [-0.1, -0.05) is 11.6 Å². The Bertz CT molecular complexity index is 720. The Hall–Kier alpha value is -2.39. The van der Waals surface area contributed by atoms with E-state index in [1.54, 1.807) is 12.3 Å². The molecule has 3 N–H and O–H groups in total. The molecule has 3 rings (SSSR count). The Balaban J connectivity index is 1.83. The molecule has 0 bridgehead atoms. The lowest BCUT2D eigenvalue weighted by Crippen LogP contribution is -2.14.